The number of benzene rings is 3. The molecule has 3 aromatic carbocycles. The van der Waals surface area contributed by atoms with Crippen molar-refractivity contribution in [2.45, 2.75) is 60.4 Å². The Morgan fingerprint density at radius 3 is 1.45 bits per heavy atom. The predicted octanol–water partition coefficient (Wildman–Crippen LogP) is 6.17. The number of esters is 1. The van der Waals surface area contributed by atoms with Crippen molar-refractivity contribution in [2.24, 2.45) is 0 Å². The van der Waals surface area contributed by atoms with E-state index < -0.39 is 21.2 Å². The van der Waals surface area contributed by atoms with E-state index in [1.54, 1.807) is 0 Å². The van der Waals surface area contributed by atoms with Gasteiger partial charge in [-0.1, -0.05) is 35.4 Å². The number of carbonyl (C=O) groups excluding carboxylic acids is 1. The van der Waals surface area contributed by atoms with Crippen molar-refractivity contribution in [2.75, 3.05) is 6.61 Å². The van der Waals surface area contributed by atoms with Gasteiger partial charge < -0.3 is 14.0 Å². The van der Waals surface area contributed by atoms with Crippen LogP contribution in [-0.4, -0.2) is 36.7 Å². The van der Waals surface area contributed by atoms with Crippen molar-refractivity contribution >= 4 is 27.0 Å². The predicted molar refractivity (Wildman–Crippen MR) is 138 cm³/mol. The van der Waals surface area contributed by atoms with Crippen molar-refractivity contribution in [3.8, 4) is 5.75 Å². The third-order valence-corrected chi connectivity index (χ3v) is 7.43. The van der Waals surface area contributed by atoms with Gasteiger partial charge in [0.2, 0.25) is 0 Å². The molecule has 0 saturated heterocycles. The standard InChI is InChI=1S/C26H29O3S.CHF3O3S/c1-19-6-12-22(13-7-19)30(23-14-8-20(2)9-15-23)24-16-10-21(11-17-24)28-18-25(27)29-26(3,4)5;2-1(3,4)8(5,6)7/h6-17H,18H2,1-5H3;(H,5,6,7)/q+1;/p-1. The molecule has 0 N–H and O–H groups in total. The molecule has 206 valence electrons. The molecule has 0 spiro atoms. The minimum atomic E-state index is -6.09. The molecule has 3 rings (SSSR count). The number of alkyl halides is 3. The van der Waals surface area contributed by atoms with Crippen LogP contribution in [0.1, 0.15) is 31.9 Å². The van der Waals surface area contributed by atoms with Crippen LogP contribution in [0.25, 0.3) is 0 Å². The monoisotopic (exact) mass is 570 g/mol. The van der Waals surface area contributed by atoms with Crippen LogP contribution in [0.5, 0.6) is 5.75 Å². The highest BCUT2D eigenvalue weighted by Gasteiger charge is 2.37. The Hall–Kier alpha value is -3.02. The Morgan fingerprint density at radius 2 is 1.13 bits per heavy atom. The highest BCUT2D eigenvalue weighted by Crippen LogP contribution is 2.32. The van der Waals surface area contributed by atoms with Gasteiger partial charge in [-0.2, -0.15) is 13.2 Å². The summed E-state index contributed by atoms with van der Waals surface area (Å²) in [5.41, 5.74) is -3.66. The first-order valence-electron chi connectivity index (χ1n) is 11.3. The minimum Gasteiger partial charge on any atom is -0.741 e. The molecule has 0 heterocycles. The van der Waals surface area contributed by atoms with Gasteiger partial charge >= 0.3 is 11.5 Å². The zero-order chi connectivity index (χ0) is 28.7. The third kappa shape index (κ3) is 10.0. The van der Waals surface area contributed by atoms with E-state index in [1.165, 1.54) is 25.8 Å². The molecule has 38 heavy (non-hydrogen) atoms. The summed E-state index contributed by atoms with van der Waals surface area (Å²) in [5, 5.41) is 0. The molecule has 0 aromatic heterocycles. The Balaban J connectivity index is 0.000000550. The van der Waals surface area contributed by atoms with Crippen molar-refractivity contribution in [3.63, 3.8) is 0 Å². The number of carbonyl (C=O) groups is 1. The second kappa shape index (κ2) is 12.7. The van der Waals surface area contributed by atoms with Gasteiger partial charge in [-0.15, -0.1) is 0 Å². The number of aryl methyl sites for hydroxylation is 2. The fourth-order valence-electron chi connectivity index (χ4n) is 2.94. The fourth-order valence-corrected chi connectivity index (χ4v) is 4.98. The van der Waals surface area contributed by atoms with Crippen LogP contribution < -0.4 is 4.74 Å². The summed E-state index contributed by atoms with van der Waals surface area (Å²) in [4.78, 5) is 15.6. The lowest BCUT2D eigenvalue weighted by Gasteiger charge is -2.19. The molecule has 0 aliphatic rings. The van der Waals surface area contributed by atoms with E-state index >= 15 is 0 Å². The smallest absolute Gasteiger partial charge is 0.485 e. The lowest BCUT2D eigenvalue weighted by Crippen LogP contribution is -2.27. The molecule has 3 aromatic rings. The highest BCUT2D eigenvalue weighted by atomic mass is 32.2. The van der Waals surface area contributed by atoms with Crippen LogP contribution in [0.3, 0.4) is 0 Å². The molecule has 0 aliphatic heterocycles. The maximum absolute atomic E-state index is 11.9. The normalized spacial score (nSPS) is 11.9. The number of halogens is 3. The summed E-state index contributed by atoms with van der Waals surface area (Å²) in [6.07, 6.45) is 0. The van der Waals surface area contributed by atoms with E-state index in [4.69, 9.17) is 22.4 Å². The molecule has 0 fully saturated rings. The van der Waals surface area contributed by atoms with Crippen LogP contribution in [0, 0.1) is 13.8 Å². The van der Waals surface area contributed by atoms with Gasteiger partial charge in [-0.3, -0.25) is 0 Å². The van der Waals surface area contributed by atoms with Crippen molar-refractivity contribution in [1.82, 2.24) is 0 Å². The van der Waals surface area contributed by atoms with Gasteiger partial charge in [0.05, 0.1) is 10.9 Å². The van der Waals surface area contributed by atoms with Crippen molar-refractivity contribution in [3.05, 3.63) is 83.9 Å². The Morgan fingerprint density at radius 1 is 0.789 bits per heavy atom. The Bertz CT molecular complexity index is 1250. The number of rotatable bonds is 6. The first-order chi connectivity index (χ1) is 17.5. The number of ether oxygens (including phenoxy) is 2. The van der Waals surface area contributed by atoms with Crippen LogP contribution >= 0.6 is 0 Å². The molecule has 0 atom stereocenters. The average molecular weight is 571 g/mol. The largest absolute Gasteiger partial charge is 0.741 e. The van der Waals surface area contributed by atoms with Gasteiger partial charge in [0, 0.05) is 0 Å². The first-order valence-corrected chi connectivity index (χ1v) is 13.9. The van der Waals surface area contributed by atoms with E-state index in [1.807, 2.05) is 32.9 Å². The molecule has 0 aliphatic carbocycles. The van der Waals surface area contributed by atoms with Crippen molar-refractivity contribution in [1.29, 1.82) is 0 Å². The molecule has 0 bridgehead atoms. The lowest BCUT2D eigenvalue weighted by molar-refractivity contribution is -0.157. The third-order valence-electron chi connectivity index (χ3n) is 4.63. The maximum Gasteiger partial charge on any atom is 0.485 e. The molecule has 0 saturated carbocycles. The van der Waals surface area contributed by atoms with E-state index in [0.717, 1.165) is 0 Å². The molecular formula is C27H29F3O6S2. The molecule has 6 nitrogen and oxygen atoms in total. The summed E-state index contributed by atoms with van der Waals surface area (Å²) in [6, 6.07) is 25.4. The Kier molecular flexibility index (Phi) is 10.4. The van der Waals surface area contributed by atoms with Gasteiger partial charge in [0.15, 0.2) is 31.4 Å². The van der Waals surface area contributed by atoms with E-state index in [0.29, 0.717) is 5.75 Å². The first kappa shape index (κ1) is 31.2. The molecule has 0 amide bonds. The summed E-state index contributed by atoms with van der Waals surface area (Å²) in [5.74, 6) is 0.284. The average Bonchev–Trinajstić information content (AvgIpc) is 2.79. The minimum absolute atomic E-state index is 0.0990. The summed E-state index contributed by atoms with van der Waals surface area (Å²) in [6.45, 7) is 9.64. The number of hydrogen-bond acceptors (Lipinski definition) is 6. The summed E-state index contributed by atoms with van der Waals surface area (Å²) >= 11 is 0. The van der Waals surface area contributed by atoms with Gasteiger partial charge in [0.1, 0.15) is 11.4 Å². The van der Waals surface area contributed by atoms with E-state index in [-0.39, 0.29) is 23.5 Å². The summed E-state index contributed by atoms with van der Waals surface area (Å²) < 4.78 is 69.8. The van der Waals surface area contributed by atoms with Crippen LogP contribution in [0.15, 0.2) is 87.5 Å². The van der Waals surface area contributed by atoms with Crippen molar-refractivity contribution < 1.29 is 40.4 Å². The number of hydrogen-bond donors (Lipinski definition) is 0. The molecular weight excluding hydrogens is 541 g/mol. The van der Waals surface area contributed by atoms with Crippen LogP contribution in [0.4, 0.5) is 13.2 Å². The second-order valence-electron chi connectivity index (χ2n) is 9.18. The zero-order valence-electron chi connectivity index (χ0n) is 21.5. The summed E-state index contributed by atoms with van der Waals surface area (Å²) in [7, 11) is -6.30. The maximum atomic E-state index is 11.9. The molecule has 0 radical (unpaired) electrons. The van der Waals surface area contributed by atoms with Gasteiger partial charge in [-0.05, 0) is 83.1 Å². The van der Waals surface area contributed by atoms with Crippen LogP contribution in [-0.2, 0) is 30.5 Å². The fraction of sp³-hybridized carbons (Fsp3) is 0.296. The highest BCUT2D eigenvalue weighted by molar-refractivity contribution is 7.97. The Labute approximate surface area is 223 Å². The quantitative estimate of drug-likeness (QED) is 0.152. The van der Waals surface area contributed by atoms with E-state index in [2.05, 4.69) is 74.5 Å². The second-order valence-corrected chi connectivity index (χ2v) is 12.6. The van der Waals surface area contributed by atoms with E-state index in [9.17, 15) is 18.0 Å². The molecule has 11 heteroatoms. The van der Waals surface area contributed by atoms with Gasteiger partial charge in [-0.25, -0.2) is 13.2 Å². The molecule has 0 unspecified atom stereocenters. The zero-order valence-corrected chi connectivity index (χ0v) is 23.2. The van der Waals surface area contributed by atoms with Gasteiger partial charge in [0.25, 0.3) is 0 Å². The topological polar surface area (TPSA) is 92.7 Å². The van der Waals surface area contributed by atoms with Crippen LogP contribution in [0.2, 0.25) is 0 Å². The lowest BCUT2D eigenvalue weighted by atomic mass is 10.2. The SMILES string of the molecule is Cc1ccc([S+](c2ccc(C)cc2)c2ccc(OCC(=O)OC(C)(C)C)cc2)cc1.O=S(=O)([O-])C(F)(F)F.